The van der Waals surface area contributed by atoms with Crippen molar-refractivity contribution in [3.05, 3.63) is 95.1 Å². The van der Waals surface area contributed by atoms with E-state index in [1.54, 1.807) is 36.4 Å². The molecule has 5 rings (SSSR count). The van der Waals surface area contributed by atoms with E-state index in [4.69, 9.17) is 4.99 Å². The van der Waals surface area contributed by atoms with Crippen LogP contribution in [0.25, 0.3) is 0 Å². The van der Waals surface area contributed by atoms with Crippen LogP contribution in [0.5, 0.6) is 0 Å². The normalized spacial score (nSPS) is 21.5. The lowest BCUT2D eigenvalue weighted by atomic mass is 9.85. The molecule has 2 aliphatic rings. The maximum Gasteiger partial charge on any atom is 0.188 e. The Bertz CT molecular complexity index is 1350. The lowest BCUT2D eigenvalue weighted by Gasteiger charge is -2.24. The highest BCUT2D eigenvalue weighted by molar-refractivity contribution is 7.92. The molecule has 1 heterocycles. The van der Waals surface area contributed by atoms with Crippen molar-refractivity contribution < 1.29 is 13.2 Å². The van der Waals surface area contributed by atoms with Crippen molar-refractivity contribution in [2.24, 2.45) is 10.9 Å². The third kappa shape index (κ3) is 2.99. The lowest BCUT2D eigenvalue weighted by molar-refractivity contribution is 0.0958. The van der Waals surface area contributed by atoms with Crippen molar-refractivity contribution in [2.75, 3.05) is 0 Å². The van der Waals surface area contributed by atoms with Crippen molar-refractivity contribution >= 4 is 27.0 Å². The number of hydrogen-bond donors (Lipinski definition) is 0. The lowest BCUT2D eigenvalue weighted by Crippen LogP contribution is -2.29. The molecule has 3 aromatic carbocycles. The molecule has 31 heavy (non-hydrogen) atoms. The summed E-state index contributed by atoms with van der Waals surface area (Å²) >= 11 is 0. The molecule has 1 aliphatic carbocycles. The molecule has 0 fully saturated rings. The standard InChI is InChI=1S/C26H23NO3S/c1-26(2,3)17-14-12-16(13-15-17)25-22-23(18-8-4-5-9-19(18)24(22)28)27-20-10-6-7-11-21(20)31(25,29)30/h4-15,22,25H,1-3H3/t22-,25-/m1/s1. The predicted octanol–water partition coefficient (Wildman–Crippen LogP) is 5.45. The zero-order valence-corrected chi connectivity index (χ0v) is 18.5. The van der Waals surface area contributed by atoms with Crippen LogP contribution in [0.15, 0.2) is 82.7 Å². The third-order valence-corrected chi connectivity index (χ3v) is 8.37. The monoisotopic (exact) mass is 429 g/mol. The number of carbonyl (C=O) groups excluding carboxylic acids is 1. The summed E-state index contributed by atoms with van der Waals surface area (Å²) in [6, 6.07) is 21.7. The average Bonchev–Trinajstić information content (AvgIpc) is 2.94. The van der Waals surface area contributed by atoms with Crippen molar-refractivity contribution in [1.82, 2.24) is 0 Å². The van der Waals surface area contributed by atoms with Crippen LogP contribution in [-0.2, 0) is 15.3 Å². The molecule has 0 bridgehead atoms. The molecule has 156 valence electrons. The van der Waals surface area contributed by atoms with Crippen molar-refractivity contribution in [1.29, 1.82) is 0 Å². The van der Waals surface area contributed by atoms with Crippen molar-refractivity contribution in [3.63, 3.8) is 0 Å². The molecule has 0 unspecified atom stereocenters. The van der Waals surface area contributed by atoms with Crippen molar-refractivity contribution in [2.45, 2.75) is 36.3 Å². The molecule has 2 atom stereocenters. The minimum atomic E-state index is -3.86. The van der Waals surface area contributed by atoms with Crippen LogP contribution in [0.2, 0.25) is 0 Å². The SMILES string of the molecule is CC(C)(C)c1ccc([C@@H]2[C@H]3C(=O)c4ccccc4C3=Nc3ccccc3S2(=O)=O)cc1. The van der Waals surface area contributed by atoms with Gasteiger partial charge in [0.15, 0.2) is 15.6 Å². The molecular weight excluding hydrogens is 406 g/mol. The summed E-state index contributed by atoms with van der Waals surface area (Å²) < 4.78 is 27.8. The Morgan fingerprint density at radius 3 is 2.10 bits per heavy atom. The first-order valence-corrected chi connectivity index (χ1v) is 11.9. The molecule has 1 aliphatic heterocycles. The minimum absolute atomic E-state index is 0.0561. The molecule has 5 heteroatoms. The van der Waals surface area contributed by atoms with Gasteiger partial charge in [-0.3, -0.25) is 9.79 Å². The Kier molecular flexibility index (Phi) is 4.31. The Morgan fingerprint density at radius 2 is 1.42 bits per heavy atom. The second kappa shape index (κ2) is 6.72. The number of sulfone groups is 1. The molecule has 4 nitrogen and oxygen atoms in total. The van der Waals surface area contributed by atoms with Crippen LogP contribution in [0.1, 0.15) is 53.1 Å². The highest BCUT2D eigenvalue weighted by Gasteiger charge is 2.50. The first kappa shape index (κ1) is 19.9. The van der Waals surface area contributed by atoms with Gasteiger partial charge in [-0.2, -0.15) is 0 Å². The fourth-order valence-electron chi connectivity index (χ4n) is 4.57. The Hall–Kier alpha value is -3.05. The number of rotatable bonds is 1. The number of hydrogen-bond acceptors (Lipinski definition) is 4. The summed E-state index contributed by atoms with van der Waals surface area (Å²) in [5.74, 6) is -1.05. The molecule has 0 radical (unpaired) electrons. The van der Waals surface area contributed by atoms with Gasteiger partial charge in [0.05, 0.1) is 22.2 Å². The van der Waals surface area contributed by atoms with Gasteiger partial charge in [-0.1, -0.05) is 81.4 Å². The largest absolute Gasteiger partial charge is 0.293 e. The van der Waals surface area contributed by atoms with Crippen LogP contribution < -0.4 is 0 Å². The molecule has 0 N–H and O–H groups in total. The van der Waals surface area contributed by atoms with Gasteiger partial charge in [-0.25, -0.2) is 8.42 Å². The first-order chi connectivity index (χ1) is 14.7. The summed E-state index contributed by atoms with van der Waals surface area (Å²) in [7, 11) is -3.86. The van der Waals surface area contributed by atoms with Crippen molar-refractivity contribution in [3.8, 4) is 0 Å². The number of ketones is 1. The van der Waals surface area contributed by atoms with E-state index in [1.165, 1.54) is 0 Å². The second-order valence-corrected chi connectivity index (χ2v) is 11.2. The van der Waals surface area contributed by atoms with E-state index < -0.39 is 21.0 Å². The van der Waals surface area contributed by atoms with Gasteiger partial charge in [0.1, 0.15) is 5.25 Å². The number of benzene rings is 3. The zero-order chi connectivity index (χ0) is 22.0. The van der Waals surface area contributed by atoms with Crippen LogP contribution in [0.3, 0.4) is 0 Å². The van der Waals surface area contributed by atoms with Crippen LogP contribution >= 0.6 is 0 Å². The molecular formula is C26H23NO3S. The fourth-order valence-corrected chi connectivity index (χ4v) is 6.64. The second-order valence-electron chi connectivity index (χ2n) is 9.19. The van der Waals surface area contributed by atoms with Gasteiger partial charge in [0.25, 0.3) is 0 Å². The van der Waals surface area contributed by atoms with Gasteiger partial charge in [0, 0.05) is 11.1 Å². The topological polar surface area (TPSA) is 63.6 Å². The van der Waals surface area contributed by atoms with E-state index in [0.29, 0.717) is 22.5 Å². The van der Waals surface area contributed by atoms with E-state index in [0.717, 1.165) is 11.1 Å². The van der Waals surface area contributed by atoms with Crippen LogP contribution in [0.4, 0.5) is 5.69 Å². The van der Waals surface area contributed by atoms with E-state index in [1.807, 2.05) is 36.4 Å². The summed E-state index contributed by atoms with van der Waals surface area (Å²) in [6.45, 7) is 6.34. The summed E-state index contributed by atoms with van der Waals surface area (Å²) in [5, 5.41) is -1.02. The number of carbonyl (C=O) groups is 1. The highest BCUT2D eigenvalue weighted by atomic mass is 32.2. The molecule has 0 amide bonds. The minimum Gasteiger partial charge on any atom is -0.293 e. The Labute approximate surface area is 182 Å². The number of nitrogens with zero attached hydrogens (tertiary/aromatic N) is 1. The Morgan fingerprint density at radius 1 is 0.806 bits per heavy atom. The van der Waals surface area contributed by atoms with Crippen LogP contribution in [0, 0.1) is 5.92 Å². The molecule has 0 saturated heterocycles. The zero-order valence-electron chi connectivity index (χ0n) is 17.7. The maximum absolute atomic E-state index is 13.9. The quantitative estimate of drug-likeness (QED) is 0.517. The predicted molar refractivity (Wildman–Crippen MR) is 122 cm³/mol. The summed E-state index contributed by atoms with van der Waals surface area (Å²) in [5.41, 5.74) is 3.86. The van der Waals surface area contributed by atoms with Gasteiger partial charge >= 0.3 is 0 Å². The van der Waals surface area contributed by atoms with Gasteiger partial charge in [-0.05, 0) is 28.7 Å². The number of Topliss-reactive ketones (excluding diaryl/α,β-unsaturated/α-hetero) is 1. The van der Waals surface area contributed by atoms with Gasteiger partial charge < -0.3 is 0 Å². The number of para-hydroxylation sites is 1. The summed E-state index contributed by atoms with van der Waals surface area (Å²) in [6.07, 6.45) is 0. The molecule has 3 aromatic rings. The van der Waals surface area contributed by atoms with Gasteiger partial charge in [0.2, 0.25) is 0 Å². The average molecular weight is 430 g/mol. The van der Waals surface area contributed by atoms with E-state index >= 15 is 0 Å². The molecule has 0 saturated carbocycles. The van der Waals surface area contributed by atoms with E-state index in [2.05, 4.69) is 20.8 Å². The smallest absolute Gasteiger partial charge is 0.188 e. The van der Waals surface area contributed by atoms with E-state index in [-0.39, 0.29) is 16.1 Å². The Balaban J connectivity index is 1.78. The maximum atomic E-state index is 13.9. The van der Waals surface area contributed by atoms with Crippen LogP contribution in [-0.4, -0.2) is 19.9 Å². The number of fused-ring (bicyclic) bond motifs is 4. The number of aliphatic imine (C=N–C) groups is 1. The highest BCUT2D eigenvalue weighted by Crippen LogP contribution is 2.48. The third-order valence-electron chi connectivity index (χ3n) is 6.20. The first-order valence-electron chi connectivity index (χ1n) is 10.3. The summed E-state index contributed by atoms with van der Waals surface area (Å²) in [4.78, 5) is 18.4. The molecule has 0 spiro atoms. The fraction of sp³-hybridized carbons (Fsp3) is 0.231. The molecule has 0 aromatic heterocycles. The van der Waals surface area contributed by atoms with E-state index in [9.17, 15) is 13.2 Å². The van der Waals surface area contributed by atoms with Gasteiger partial charge in [-0.15, -0.1) is 0 Å².